The van der Waals surface area contributed by atoms with E-state index in [0.29, 0.717) is 0 Å². The van der Waals surface area contributed by atoms with Crippen molar-refractivity contribution in [1.29, 1.82) is 0 Å². The van der Waals surface area contributed by atoms with Gasteiger partial charge < -0.3 is 9.84 Å². The van der Waals surface area contributed by atoms with Crippen LogP contribution in [-0.2, 0) is 24.3 Å². The average molecular weight is 374 g/mol. The molecular weight excluding hydrogens is 356 g/mol. The molecule has 0 unspecified atom stereocenters. The fourth-order valence-corrected chi connectivity index (χ4v) is 3.16. The van der Waals surface area contributed by atoms with Gasteiger partial charge in [-0.2, -0.15) is 4.72 Å². The van der Waals surface area contributed by atoms with Gasteiger partial charge in [-0.15, -0.1) is 0 Å². The van der Waals surface area contributed by atoms with Crippen LogP contribution in [-0.4, -0.2) is 42.0 Å². The molecule has 0 amide bonds. The molecular formula is C14H18N2O8S. The Hall–Kier alpha value is -2.53. The van der Waals surface area contributed by atoms with Gasteiger partial charge in [-0.25, -0.2) is 8.42 Å². The van der Waals surface area contributed by atoms with Crippen molar-refractivity contribution in [1.82, 2.24) is 4.72 Å². The Morgan fingerprint density at radius 3 is 2.36 bits per heavy atom. The van der Waals surface area contributed by atoms with E-state index in [4.69, 9.17) is 9.84 Å². The Bertz CT molecular complexity index is 782. The van der Waals surface area contributed by atoms with E-state index in [9.17, 15) is 28.1 Å². The number of benzene rings is 1. The standard InChI is InChI=1S/C14H18N2O8S/c1-14(2,3)24-13(19)9(8-12(17)18)15-25(22,23)11-7-5-4-6-10(11)16(20)21/h4-7,9,15H,8H2,1-3H3,(H,17,18)/t9-/m0/s1. The maximum Gasteiger partial charge on any atom is 0.325 e. The number of nitrogens with zero attached hydrogens (tertiary/aromatic N) is 1. The maximum atomic E-state index is 12.4. The molecule has 0 aliphatic rings. The number of nitro groups is 1. The molecule has 1 rings (SSSR count). The zero-order valence-corrected chi connectivity index (χ0v) is 14.6. The van der Waals surface area contributed by atoms with Crippen LogP contribution >= 0.6 is 0 Å². The molecule has 1 aromatic rings. The first-order valence-electron chi connectivity index (χ1n) is 7.04. The smallest absolute Gasteiger partial charge is 0.325 e. The molecule has 0 heterocycles. The molecule has 2 N–H and O–H groups in total. The summed E-state index contributed by atoms with van der Waals surface area (Å²) in [5.41, 5.74) is -1.67. The zero-order valence-electron chi connectivity index (χ0n) is 13.8. The Morgan fingerprint density at radius 1 is 1.32 bits per heavy atom. The maximum absolute atomic E-state index is 12.4. The number of nitro benzene ring substituents is 1. The first-order chi connectivity index (χ1) is 11.3. The summed E-state index contributed by atoms with van der Waals surface area (Å²) in [6.07, 6.45) is -0.880. The van der Waals surface area contributed by atoms with E-state index < -0.39 is 55.5 Å². The highest BCUT2D eigenvalue weighted by Gasteiger charge is 2.34. The van der Waals surface area contributed by atoms with Crippen molar-refractivity contribution < 1.29 is 32.8 Å². The normalized spacial score (nSPS) is 13.1. The van der Waals surface area contributed by atoms with Gasteiger partial charge in [0.15, 0.2) is 4.90 Å². The fourth-order valence-electron chi connectivity index (χ4n) is 1.81. The quantitative estimate of drug-likeness (QED) is 0.408. The van der Waals surface area contributed by atoms with Crippen molar-refractivity contribution in [3.63, 3.8) is 0 Å². The van der Waals surface area contributed by atoms with Crippen LogP contribution in [0.2, 0.25) is 0 Å². The van der Waals surface area contributed by atoms with Crippen LogP contribution in [0, 0.1) is 10.1 Å². The van der Waals surface area contributed by atoms with Crippen LogP contribution < -0.4 is 4.72 Å². The minimum absolute atomic E-state index is 0.682. The van der Waals surface area contributed by atoms with E-state index >= 15 is 0 Å². The van der Waals surface area contributed by atoms with Crippen LogP contribution in [0.25, 0.3) is 0 Å². The number of hydrogen-bond donors (Lipinski definition) is 2. The lowest BCUT2D eigenvalue weighted by atomic mass is 10.1. The minimum Gasteiger partial charge on any atom is -0.481 e. The summed E-state index contributed by atoms with van der Waals surface area (Å²) in [6, 6.07) is 2.77. The van der Waals surface area contributed by atoms with Crippen LogP contribution in [0.5, 0.6) is 0 Å². The monoisotopic (exact) mass is 374 g/mol. The number of sulfonamides is 1. The van der Waals surface area contributed by atoms with Crippen molar-refractivity contribution in [2.75, 3.05) is 0 Å². The van der Waals surface area contributed by atoms with E-state index in [1.165, 1.54) is 32.9 Å². The number of rotatable bonds is 7. The van der Waals surface area contributed by atoms with E-state index in [2.05, 4.69) is 0 Å². The van der Waals surface area contributed by atoms with E-state index in [1.807, 2.05) is 4.72 Å². The molecule has 0 aliphatic heterocycles. The number of nitrogens with one attached hydrogen (secondary N) is 1. The summed E-state index contributed by atoms with van der Waals surface area (Å²) in [5.74, 6) is -2.54. The lowest BCUT2D eigenvalue weighted by molar-refractivity contribution is -0.387. The van der Waals surface area contributed by atoms with Crippen LogP contribution in [0.15, 0.2) is 29.2 Å². The highest BCUT2D eigenvalue weighted by molar-refractivity contribution is 7.89. The topological polar surface area (TPSA) is 153 Å². The van der Waals surface area contributed by atoms with Crippen molar-refractivity contribution in [2.45, 2.75) is 43.7 Å². The molecule has 1 atom stereocenters. The summed E-state index contributed by atoms with van der Waals surface area (Å²) in [7, 11) is -4.54. The summed E-state index contributed by atoms with van der Waals surface area (Å²) in [6.45, 7) is 4.58. The van der Waals surface area contributed by atoms with Gasteiger partial charge in [0.25, 0.3) is 5.69 Å². The number of esters is 1. The Morgan fingerprint density at radius 2 is 1.88 bits per heavy atom. The van der Waals surface area contributed by atoms with E-state index in [-0.39, 0.29) is 0 Å². The van der Waals surface area contributed by atoms with Crippen molar-refractivity contribution in [2.24, 2.45) is 0 Å². The van der Waals surface area contributed by atoms with Crippen molar-refractivity contribution in [3.8, 4) is 0 Å². The lowest BCUT2D eigenvalue weighted by Crippen LogP contribution is -2.45. The largest absolute Gasteiger partial charge is 0.481 e. The molecule has 0 saturated carbocycles. The van der Waals surface area contributed by atoms with Crippen LogP contribution in [0.4, 0.5) is 5.69 Å². The number of carbonyl (C=O) groups excluding carboxylic acids is 1. The average Bonchev–Trinajstić information content (AvgIpc) is 2.44. The van der Waals surface area contributed by atoms with Gasteiger partial charge in [0.05, 0.1) is 11.3 Å². The third kappa shape index (κ3) is 6.12. The lowest BCUT2D eigenvalue weighted by Gasteiger charge is -2.23. The molecule has 0 saturated heterocycles. The Balaban J connectivity index is 3.21. The summed E-state index contributed by atoms with van der Waals surface area (Å²) in [4.78, 5) is 32.4. The Labute approximate surface area is 144 Å². The van der Waals surface area contributed by atoms with Crippen LogP contribution in [0.1, 0.15) is 27.2 Å². The summed E-state index contributed by atoms with van der Waals surface area (Å²) in [5, 5.41) is 19.9. The van der Waals surface area contributed by atoms with Crippen molar-refractivity contribution >= 4 is 27.6 Å². The number of hydrogen-bond acceptors (Lipinski definition) is 7. The number of carbonyl (C=O) groups is 2. The third-order valence-corrected chi connectivity index (χ3v) is 4.24. The second-order valence-corrected chi connectivity index (χ2v) is 7.71. The van der Waals surface area contributed by atoms with Gasteiger partial charge in [-0.1, -0.05) is 12.1 Å². The summed E-state index contributed by atoms with van der Waals surface area (Å²) < 4.78 is 31.7. The van der Waals surface area contributed by atoms with Crippen molar-refractivity contribution in [3.05, 3.63) is 34.4 Å². The number of para-hydroxylation sites is 1. The molecule has 11 heteroatoms. The van der Waals surface area contributed by atoms with Gasteiger partial charge in [0.2, 0.25) is 10.0 Å². The summed E-state index contributed by atoms with van der Waals surface area (Å²) >= 11 is 0. The van der Waals surface area contributed by atoms with Gasteiger partial charge in [-0.05, 0) is 26.8 Å². The SMILES string of the molecule is CC(C)(C)OC(=O)[C@H](CC(=O)O)NS(=O)(=O)c1ccccc1[N+](=O)[O-]. The Kier molecular flexibility index (Phi) is 6.21. The first-order valence-corrected chi connectivity index (χ1v) is 8.52. The molecule has 1 aromatic carbocycles. The first kappa shape index (κ1) is 20.5. The number of aliphatic carboxylic acids is 1. The molecule has 0 spiro atoms. The van der Waals surface area contributed by atoms with Gasteiger partial charge in [-0.3, -0.25) is 19.7 Å². The predicted octanol–water partition coefficient (Wildman–Crippen LogP) is 1.06. The zero-order chi connectivity index (χ0) is 19.4. The van der Waals surface area contributed by atoms with E-state index in [0.717, 1.165) is 12.1 Å². The number of carboxylic acids is 1. The van der Waals surface area contributed by atoms with E-state index in [1.54, 1.807) is 0 Å². The molecule has 25 heavy (non-hydrogen) atoms. The fraction of sp³-hybridized carbons (Fsp3) is 0.429. The molecule has 0 aromatic heterocycles. The second-order valence-electron chi connectivity index (χ2n) is 6.03. The molecule has 138 valence electrons. The molecule has 0 aliphatic carbocycles. The molecule has 0 bridgehead atoms. The van der Waals surface area contributed by atoms with Crippen LogP contribution in [0.3, 0.4) is 0 Å². The third-order valence-electron chi connectivity index (χ3n) is 2.72. The number of carboxylic acid groups (broad SMARTS) is 1. The van der Waals surface area contributed by atoms with Gasteiger partial charge >= 0.3 is 11.9 Å². The van der Waals surface area contributed by atoms with Gasteiger partial charge in [0.1, 0.15) is 11.6 Å². The van der Waals surface area contributed by atoms with Gasteiger partial charge in [0, 0.05) is 6.07 Å². The molecule has 0 fully saturated rings. The highest BCUT2D eigenvalue weighted by Crippen LogP contribution is 2.23. The number of ether oxygens (including phenoxy) is 1. The predicted molar refractivity (Wildman–Crippen MR) is 85.3 cm³/mol. The minimum atomic E-state index is -4.54. The highest BCUT2D eigenvalue weighted by atomic mass is 32.2. The second kappa shape index (κ2) is 7.57. The molecule has 10 nitrogen and oxygen atoms in total. The molecule has 0 radical (unpaired) electrons.